The molecule has 8 nitrogen and oxygen atoms in total. The first-order valence-electron chi connectivity index (χ1n) is 11.1. The van der Waals surface area contributed by atoms with Crippen molar-refractivity contribution in [3.8, 4) is 22.8 Å². The fourth-order valence-corrected chi connectivity index (χ4v) is 5.28. The lowest BCUT2D eigenvalue weighted by molar-refractivity contribution is -0.0112. The predicted octanol–water partition coefficient (Wildman–Crippen LogP) is 4.85. The highest BCUT2D eigenvalue weighted by Gasteiger charge is 2.41. The van der Waals surface area contributed by atoms with Crippen molar-refractivity contribution in [1.29, 1.82) is 0 Å². The number of nitrogens with zero attached hydrogens (tertiary/aromatic N) is 7. The summed E-state index contributed by atoms with van der Waals surface area (Å²) in [4.78, 5) is 13.1. The lowest BCUT2D eigenvalue weighted by Crippen LogP contribution is -2.38. The van der Waals surface area contributed by atoms with Gasteiger partial charge in [0.25, 0.3) is 0 Å². The molecule has 0 spiro atoms. The molecule has 12 heteroatoms. The SMILES string of the molecule is CCc1nc(-c2ccc(-c3nsc([C@H](C)[C@](O)(Cn4cncn4)c4ccc(F)cc4F)n3)cc2)ns1. The fraction of sp³-hybridized carbons (Fsp3) is 0.250. The summed E-state index contributed by atoms with van der Waals surface area (Å²) in [7, 11) is 0. The maximum atomic E-state index is 14.8. The van der Waals surface area contributed by atoms with Gasteiger partial charge >= 0.3 is 0 Å². The van der Waals surface area contributed by atoms with E-state index in [1.54, 1.807) is 6.92 Å². The van der Waals surface area contributed by atoms with E-state index in [2.05, 4.69) is 28.8 Å². The Balaban J connectivity index is 1.45. The molecule has 0 aliphatic heterocycles. The monoisotopic (exact) mass is 525 g/mol. The van der Waals surface area contributed by atoms with Crippen LogP contribution in [0.2, 0.25) is 0 Å². The first kappa shape index (κ1) is 24.2. The normalized spacial score (nSPS) is 14.0. The Hall–Kier alpha value is -3.48. The third kappa shape index (κ3) is 4.66. The summed E-state index contributed by atoms with van der Waals surface area (Å²) in [5.41, 5.74) is -0.172. The number of aliphatic hydroxyl groups is 1. The number of rotatable bonds is 8. The van der Waals surface area contributed by atoms with E-state index in [4.69, 9.17) is 0 Å². The number of hydrogen-bond acceptors (Lipinski definition) is 9. The van der Waals surface area contributed by atoms with Crippen molar-refractivity contribution in [2.45, 2.75) is 38.3 Å². The van der Waals surface area contributed by atoms with Gasteiger partial charge in [0.05, 0.1) is 6.54 Å². The molecular weight excluding hydrogens is 504 g/mol. The largest absolute Gasteiger partial charge is 0.382 e. The summed E-state index contributed by atoms with van der Waals surface area (Å²) in [5.74, 6) is -1.11. The highest BCUT2D eigenvalue weighted by molar-refractivity contribution is 7.05. The molecule has 0 bridgehead atoms. The van der Waals surface area contributed by atoms with Gasteiger partial charge in [-0.05, 0) is 35.6 Å². The summed E-state index contributed by atoms with van der Waals surface area (Å²) in [6.07, 6.45) is 3.58. The molecule has 0 saturated carbocycles. The molecule has 0 amide bonds. The van der Waals surface area contributed by atoms with Crippen LogP contribution < -0.4 is 0 Å². The third-order valence-corrected chi connectivity index (χ3v) is 7.72. The van der Waals surface area contributed by atoms with Crippen molar-refractivity contribution in [2.24, 2.45) is 0 Å². The average Bonchev–Trinajstić information content (AvgIpc) is 3.65. The van der Waals surface area contributed by atoms with Crippen molar-refractivity contribution < 1.29 is 13.9 Å². The fourth-order valence-electron chi connectivity index (χ4n) is 3.87. The molecule has 0 unspecified atom stereocenters. The standard InChI is InChI=1S/C24H21F2N7OS2/c1-3-20-29-21(31-35-20)15-4-6-16(7-5-15)22-30-23(36-32-22)14(2)24(34,11-33-13-27-12-28-33)18-9-8-17(25)10-19(18)26/h4-10,12-14,34H,3,11H2,1-2H3/t14-,24+/m0/s1. The number of benzene rings is 2. The van der Waals surface area contributed by atoms with Gasteiger partial charge in [0.1, 0.15) is 39.9 Å². The van der Waals surface area contributed by atoms with E-state index in [1.807, 2.05) is 31.2 Å². The average molecular weight is 526 g/mol. The van der Waals surface area contributed by atoms with E-state index in [-0.39, 0.29) is 12.1 Å². The van der Waals surface area contributed by atoms with Gasteiger partial charge < -0.3 is 5.11 Å². The van der Waals surface area contributed by atoms with Gasteiger partial charge in [-0.1, -0.05) is 44.2 Å². The van der Waals surface area contributed by atoms with E-state index in [0.29, 0.717) is 16.7 Å². The van der Waals surface area contributed by atoms with Crippen molar-refractivity contribution in [2.75, 3.05) is 0 Å². The minimum absolute atomic E-state index is 0.0600. The maximum Gasteiger partial charge on any atom is 0.173 e. The summed E-state index contributed by atoms with van der Waals surface area (Å²) in [6.45, 7) is 3.66. The van der Waals surface area contributed by atoms with Crippen LogP contribution in [0.3, 0.4) is 0 Å². The van der Waals surface area contributed by atoms with Crippen LogP contribution in [0.1, 0.15) is 35.3 Å². The summed E-state index contributed by atoms with van der Waals surface area (Å²) < 4.78 is 38.7. The molecule has 1 N–H and O–H groups in total. The Labute approximate surface area is 213 Å². The Morgan fingerprint density at radius 1 is 1.00 bits per heavy atom. The molecule has 0 saturated heterocycles. The quantitative estimate of drug-likeness (QED) is 0.309. The zero-order valence-corrected chi connectivity index (χ0v) is 21.0. The molecule has 3 heterocycles. The molecule has 5 rings (SSSR count). The maximum absolute atomic E-state index is 14.8. The molecule has 0 radical (unpaired) electrons. The first-order chi connectivity index (χ1) is 17.4. The second kappa shape index (κ2) is 9.88. The molecule has 184 valence electrons. The van der Waals surface area contributed by atoms with Crippen LogP contribution in [0.15, 0.2) is 55.1 Å². The van der Waals surface area contributed by atoms with E-state index >= 15 is 0 Å². The van der Waals surface area contributed by atoms with Gasteiger partial charge in [0.15, 0.2) is 11.6 Å². The molecule has 0 fully saturated rings. The van der Waals surface area contributed by atoms with Gasteiger partial charge in [-0.2, -0.15) is 13.8 Å². The summed E-state index contributed by atoms with van der Waals surface area (Å²) in [5, 5.41) is 17.3. The van der Waals surface area contributed by atoms with Gasteiger partial charge in [0, 0.05) is 28.7 Å². The third-order valence-electron chi connectivity index (χ3n) is 5.97. The molecule has 2 aromatic carbocycles. The molecule has 36 heavy (non-hydrogen) atoms. The zero-order valence-electron chi connectivity index (χ0n) is 19.3. The van der Waals surface area contributed by atoms with Crippen molar-refractivity contribution >= 4 is 23.1 Å². The molecule has 0 aliphatic carbocycles. The van der Waals surface area contributed by atoms with Crippen molar-refractivity contribution in [3.63, 3.8) is 0 Å². The van der Waals surface area contributed by atoms with E-state index in [0.717, 1.165) is 46.2 Å². The van der Waals surface area contributed by atoms with Crippen LogP contribution in [0, 0.1) is 11.6 Å². The number of aromatic nitrogens is 7. The minimum atomic E-state index is -1.79. The van der Waals surface area contributed by atoms with Crippen LogP contribution in [-0.4, -0.2) is 38.6 Å². The van der Waals surface area contributed by atoms with Crippen LogP contribution >= 0.6 is 23.1 Å². The molecular formula is C24H21F2N7OS2. The van der Waals surface area contributed by atoms with Crippen LogP contribution in [0.5, 0.6) is 0 Å². The number of aryl methyl sites for hydroxylation is 1. The van der Waals surface area contributed by atoms with Gasteiger partial charge in [-0.15, -0.1) is 0 Å². The van der Waals surface area contributed by atoms with E-state index in [1.165, 1.54) is 34.9 Å². The first-order valence-corrected chi connectivity index (χ1v) is 12.7. The molecule has 0 aliphatic rings. The van der Waals surface area contributed by atoms with Gasteiger partial charge in [0.2, 0.25) is 0 Å². The van der Waals surface area contributed by atoms with E-state index < -0.39 is 23.2 Å². The Kier molecular flexibility index (Phi) is 6.65. The minimum Gasteiger partial charge on any atom is -0.382 e. The van der Waals surface area contributed by atoms with Crippen molar-refractivity contribution in [1.82, 2.24) is 33.5 Å². The highest BCUT2D eigenvalue weighted by atomic mass is 32.1. The van der Waals surface area contributed by atoms with Crippen LogP contribution in [0.25, 0.3) is 22.8 Å². The lowest BCUT2D eigenvalue weighted by atomic mass is 9.82. The van der Waals surface area contributed by atoms with E-state index in [9.17, 15) is 13.9 Å². The second-order valence-corrected chi connectivity index (χ2v) is 9.88. The lowest BCUT2D eigenvalue weighted by Gasteiger charge is -2.33. The Morgan fingerprint density at radius 3 is 2.31 bits per heavy atom. The second-order valence-electron chi connectivity index (χ2n) is 8.26. The zero-order chi connectivity index (χ0) is 25.3. The van der Waals surface area contributed by atoms with Gasteiger partial charge in [-0.25, -0.2) is 28.4 Å². The summed E-state index contributed by atoms with van der Waals surface area (Å²) >= 11 is 2.51. The number of hydrogen-bond donors (Lipinski definition) is 1. The van der Waals surface area contributed by atoms with Crippen LogP contribution in [0.4, 0.5) is 8.78 Å². The topological polar surface area (TPSA) is 102 Å². The molecule has 3 aromatic heterocycles. The predicted molar refractivity (Wildman–Crippen MR) is 132 cm³/mol. The molecule has 2 atom stereocenters. The Morgan fingerprint density at radius 2 is 1.69 bits per heavy atom. The number of halogens is 2. The van der Waals surface area contributed by atoms with Crippen LogP contribution in [-0.2, 0) is 18.6 Å². The molecule has 5 aromatic rings. The smallest absolute Gasteiger partial charge is 0.173 e. The van der Waals surface area contributed by atoms with Gasteiger partial charge in [-0.3, -0.25) is 0 Å². The summed E-state index contributed by atoms with van der Waals surface area (Å²) in [6, 6.07) is 10.7. The highest BCUT2D eigenvalue weighted by Crippen LogP contribution is 2.40. The Bertz CT molecular complexity index is 1470. The van der Waals surface area contributed by atoms with Crippen molar-refractivity contribution in [3.05, 3.63) is 82.3 Å².